The van der Waals surface area contributed by atoms with Crippen molar-refractivity contribution in [2.24, 2.45) is 5.92 Å². The average Bonchev–Trinajstić information content (AvgIpc) is 2.55. The zero-order valence-corrected chi connectivity index (χ0v) is 21.2. The average molecular weight is 518 g/mol. The Labute approximate surface area is 167 Å². The molecule has 1 nitrogen and oxygen atoms in total. The zero-order chi connectivity index (χ0) is 14.6. The van der Waals surface area contributed by atoms with Gasteiger partial charge in [0.05, 0.1) is 0 Å². The molecule has 1 aliphatic carbocycles. The van der Waals surface area contributed by atoms with Gasteiger partial charge in [-0.3, -0.25) is 6.08 Å². The SMILES string of the molecule is CC1=[C-]C(C)C(C)=C1C.CCCCC[NH-].C[SiH]C.Cl.Cl.[Hf]. The molecule has 127 valence electrons. The van der Waals surface area contributed by atoms with E-state index in [1.165, 1.54) is 29.6 Å². The summed E-state index contributed by atoms with van der Waals surface area (Å²) in [6.07, 6.45) is 6.90. The predicted octanol–water partition coefficient (Wildman–Crippen LogP) is 6.31. The number of halogens is 2. The summed E-state index contributed by atoms with van der Waals surface area (Å²) < 4.78 is 0. The van der Waals surface area contributed by atoms with E-state index in [9.17, 15) is 0 Å². The molecular formula is C16H34Cl2HfNSi-2. The number of nitrogens with one attached hydrogen (secondary N) is 1. The number of hydrogen-bond acceptors (Lipinski definition) is 0. The van der Waals surface area contributed by atoms with Crippen LogP contribution < -0.4 is 0 Å². The normalized spacial score (nSPS) is 15.0. The summed E-state index contributed by atoms with van der Waals surface area (Å²) in [7, 11) is 0.750. The molecule has 1 unspecified atom stereocenters. The second kappa shape index (κ2) is 23.4. The summed E-state index contributed by atoms with van der Waals surface area (Å²) in [5.41, 5.74) is 11.0. The van der Waals surface area contributed by atoms with Gasteiger partial charge in [-0.2, -0.15) is 17.7 Å². The maximum atomic E-state index is 6.71. The van der Waals surface area contributed by atoms with E-state index in [2.05, 4.69) is 53.8 Å². The number of hydrogen-bond donors (Lipinski definition) is 0. The van der Waals surface area contributed by atoms with Gasteiger partial charge in [0.2, 0.25) is 0 Å². The molecule has 0 amide bonds. The van der Waals surface area contributed by atoms with Crippen molar-refractivity contribution in [2.75, 3.05) is 6.54 Å². The minimum atomic E-state index is 0. The van der Waals surface area contributed by atoms with Crippen molar-refractivity contribution >= 4 is 34.3 Å². The Morgan fingerprint density at radius 3 is 1.62 bits per heavy atom. The molecule has 0 aromatic carbocycles. The van der Waals surface area contributed by atoms with Crippen molar-refractivity contribution in [3.63, 3.8) is 0 Å². The molecule has 1 aliphatic rings. The first-order valence-electron chi connectivity index (χ1n) is 7.12. The molecule has 1 rings (SSSR count). The standard InChI is InChI=1S/C9H13.C5H12N.C2H7Si.2ClH.Hf/c1-6-5-7(2)9(4)8(6)3;1-2-3-4-5-6;1-3-2;;;/h6H,1-4H3;6H,2-5H2,1H3;3H,1-2H3;2*1H;/q2*-1;;;;. The molecule has 5 heteroatoms. The molecule has 0 aromatic heterocycles. The summed E-state index contributed by atoms with van der Waals surface area (Å²) >= 11 is 0. The maximum Gasteiger partial charge on any atom is 0.0213 e. The Morgan fingerprint density at radius 1 is 1.10 bits per heavy atom. The fourth-order valence-corrected chi connectivity index (χ4v) is 1.54. The molecule has 1 radical (unpaired) electrons. The summed E-state index contributed by atoms with van der Waals surface area (Å²) in [5.74, 6) is 0.560. The quantitative estimate of drug-likeness (QED) is 0.238. The summed E-state index contributed by atoms with van der Waals surface area (Å²) in [4.78, 5) is 0. The van der Waals surface area contributed by atoms with Crippen molar-refractivity contribution in [1.29, 1.82) is 0 Å². The Kier molecular flexibility index (Phi) is 37.5. The Hall–Kier alpha value is 1.11. The van der Waals surface area contributed by atoms with Gasteiger partial charge in [-0.15, -0.1) is 31.7 Å². The van der Waals surface area contributed by atoms with Crippen LogP contribution in [0.15, 0.2) is 16.7 Å². The van der Waals surface area contributed by atoms with E-state index in [1.807, 2.05) is 0 Å². The van der Waals surface area contributed by atoms with E-state index in [0.29, 0.717) is 12.5 Å². The van der Waals surface area contributed by atoms with Crippen molar-refractivity contribution in [2.45, 2.75) is 67.0 Å². The molecule has 0 aromatic rings. The Bertz CT molecular complexity index is 265. The van der Waals surface area contributed by atoms with Gasteiger partial charge >= 0.3 is 0 Å². The van der Waals surface area contributed by atoms with Crippen molar-refractivity contribution < 1.29 is 25.8 Å². The molecule has 0 aliphatic heterocycles. The first kappa shape index (κ1) is 33.7. The monoisotopic (exact) mass is 518 g/mol. The van der Waals surface area contributed by atoms with Crippen LogP contribution in [0.3, 0.4) is 0 Å². The molecule has 0 spiro atoms. The summed E-state index contributed by atoms with van der Waals surface area (Å²) in [5, 5.41) is 0. The molecule has 1 N–H and O–H groups in total. The van der Waals surface area contributed by atoms with Crippen LogP contribution in [0.4, 0.5) is 0 Å². The Balaban J connectivity index is -0.0000000637. The molecule has 21 heavy (non-hydrogen) atoms. The summed E-state index contributed by atoms with van der Waals surface area (Å²) in [6.45, 7) is 15.8. The second-order valence-corrected chi connectivity index (χ2v) is 5.99. The summed E-state index contributed by atoms with van der Waals surface area (Å²) in [6, 6.07) is 0. The first-order chi connectivity index (χ1) is 8.45. The van der Waals surface area contributed by atoms with E-state index >= 15 is 0 Å². The number of allylic oxidation sites excluding steroid dienone is 4. The predicted molar refractivity (Wildman–Crippen MR) is 102 cm³/mol. The van der Waals surface area contributed by atoms with Crippen molar-refractivity contribution in [3.8, 4) is 0 Å². The van der Waals surface area contributed by atoms with Gasteiger partial charge in [-0.05, 0) is 0 Å². The third kappa shape index (κ3) is 19.1. The molecule has 0 heterocycles. The fourth-order valence-electron chi connectivity index (χ4n) is 1.54. The minimum Gasteiger partial charge on any atom is -0.677 e. The van der Waals surface area contributed by atoms with Crippen LogP contribution >= 0.6 is 24.8 Å². The van der Waals surface area contributed by atoms with E-state index in [0.717, 1.165) is 15.9 Å². The van der Waals surface area contributed by atoms with Crippen LogP contribution in [0.2, 0.25) is 13.1 Å². The second-order valence-electron chi connectivity index (χ2n) is 4.83. The van der Waals surface area contributed by atoms with Crippen LogP contribution in [0.5, 0.6) is 0 Å². The maximum absolute atomic E-state index is 6.71. The molecule has 0 saturated carbocycles. The smallest absolute Gasteiger partial charge is 0.0213 e. The third-order valence-electron chi connectivity index (χ3n) is 3.02. The zero-order valence-electron chi connectivity index (χ0n) is 14.8. The van der Waals surface area contributed by atoms with Gasteiger partial charge < -0.3 is 5.73 Å². The largest absolute Gasteiger partial charge is 0.677 e. The third-order valence-corrected chi connectivity index (χ3v) is 3.02. The van der Waals surface area contributed by atoms with Gasteiger partial charge in [0.25, 0.3) is 0 Å². The van der Waals surface area contributed by atoms with Crippen molar-refractivity contribution in [1.82, 2.24) is 0 Å². The van der Waals surface area contributed by atoms with Crippen LogP contribution in [-0.2, 0) is 25.8 Å². The molecule has 0 saturated heterocycles. The van der Waals surface area contributed by atoms with Crippen molar-refractivity contribution in [3.05, 3.63) is 28.5 Å². The molecule has 1 atom stereocenters. The van der Waals surface area contributed by atoms with Crippen LogP contribution in [-0.4, -0.2) is 16.1 Å². The van der Waals surface area contributed by atoms with Gasteiger partial charge in [0.15, 0.2) is 0 Å². The van der Waals surface area contributed by atoms with E-state index in [4.69, 9.17) is 5.73 Å². The van der Waals surface area contributed by atoms with E-state index in [1.54, 1.807) is 0 Å². The molecule has 0 bridgehead atoms. The van der Waals surface area contributed by atoms with Gasteiger partial charge in [0.1, 0.15) is 0 Å². The molecular weight excluding hydrogens is 484 g/mol. The van der Waals surface area contributed by atoms with Gasteiger partial charge in [0, 0.05) is 35.4 Å². The number of rotatable bonds is 3. The Morgan fingerprint density at radius 2 is 1.52 bits per heavy atom. The van der Waals surface area contributed by atoms with Crippen LogP contribution in [0.1, 0.15) is 53.9 Å². The fraction of sp³-hybridized carbons (Fsp3) is 0.750. The van der Waals surface area contributed by atoms with E-state index in [-0.39, 0.29) is 50.7 Å². The minimum absolute atomic E-state index is 0. The van der Waals surface area contributed by atoms with Crippen LogP contribution in [0, 0.1) is 12.0 Å². The van der Waals surface area contributed by atoms with Crippen LogP contribution in [0.25, 0.3) is 5.73 Å². The van der Waals surface area contributed by atoms with E-state index < -0.39 is 0 Å². The number of unbranched alkanes of at least 4 members (excludes halogenated alkanes) is 2. The first-order valence-corrected chi connectivity index (χ1v) is 9.43. The molecule has 0 fully saturated rings. The van der Waals surface area contributed by atoms with Gasteiger partial charge in [-0.25, -0.2) is 5.57 Å². The van der Waals surface area contributed by atoms with Gasteiger partial charge in [-0.1, -0.05) is 66.0 Å². The topological polar surface area (TPSA) is 23.8 Å².